The quantitative estimate of drug-likeness (QED) is 0.499. The van der Waals surface area contributed by atoms with Crippen molar-refractivity contribution < 1.29 is 13.9 Å². The molecule has 0 radical (unpaired) electrons. The molecule has 1 heterocycles. The number of benzene rings is 2. The van der Waals surface area contributed by atoms with Crippen molar-refractivity contribution in [2.75, 3.05) is 18.2 Å². The van der Waals surface area contributed by atoms with Gasteiger partial charge in [-0.1, -0.05) is 51.4 Å². The number of halogens is 2. The van der Waals surface area contributed by atoms with E-state index in [-0.39, 0.29) is 11.7 Å². The van der Waals surface area contributed by atoms with Gasteiger partial charge in [-0.25, -0.2) is 4.98 Å². The number of oxazole rings is 1. The van der Waals surface area contributed by atoms with E-state index >= 15 is 0 Å². The van der Waals surface area contributed by atoms with Crippen molar-refractivity contribution in [3.8, 4) is 17.1 Å². The lowest BCUT2D eigenvalue weighted by atomic mass is 10.2. The summed E-state index contributed by atoms with van der Waals surface area (Å²) in [6, 6.07) is 12.8. The van der Waals surface area contributed by atoms with Gasteiger partial charge in [0.1, 0.15) is 5.75 Å². The molecule has 0 atom stereocenters. The first kappa shape index (κ1) is 18.8. The van der Waals surface area contributed by atoms with Crippen LogP contribution in [-0.4, -0.2) is 23.8 Å². The topological polar surface area (TPSA) is 64.4 Å². The highest BCUT2D eigenvalue weighted by atomic mass is 79.9. The summed E-state index contributed by atoms with van der Waals surface area (Å²) in [4.78, 5) is 16.3. The molecule has 0 saturated carbocycles. The number of carbonyl (C=O) groups is 1. The van der Waals surface area contributed by atoms with Crippen LogP contribution in [-0.2, 0) is 4.79 Å². The van der Waals surface area contributed by atoms with Crippen molar-refractivity contribution in [1.29, 1.82) is 0 Å². The first-order valence-corrected chi connectivity index (χ1v) is 9.69. The zero-order valence-electron chi connectivity index (χ0n) is 13.7. The van der Waals surface area contributed by atoms with E-state index in [1.54, 1.807) is 24.4 Å². The van der Waals surface area contributed by atoms with Crippen LogP contribution in [0.15, 0.2) is 62.8 Å². The Bertz CT molecular complexity index is 932. The largest absolute Gasteiger partial charge is 0.495 e. The van der Waals surface area contributed by atoms with Gasteiger partial charge in [-0.05, 0) is 30.3 Å². The van der Waals surface area contributed by atoms with Gasteiger partial charge in [-0.15, -0.1) is 0 Å². The first-order valence-electron chi connectivity index (χ1n) is 7.53. The average Bonchev–Trinajstić information content (AvgIpc) is 3.09. The van der Waals surface area contributed by atoms with Crippen molar-refractivity contribution in [3.63, 3.8) is 0 Å². The lowest BCUT2D eigenvalue weighted by molar-refractivity contribution is -0.113. The number of methoxy groups -OCH3 is 1. The molecule has 5 nitrogen and oxygen atoms in total. The van der Waals surface area contributed by atoms with Crippen molar-refractivity contribution in [3.05, 3.63) is 58.2 Å². The predicted molar refractivity (Wildman–Crippen MR) is 107 cm³/mol. The number of nitrogens with zero attached hydrogens (tertiary/aromatic N) is 1. The zero-order valence-corrected chi connectivity index (χ0v) is 16.8. The van der Waals surface area contributed by atoms with Crippen LogP contribution in [0.2, 0.25) is 5.02 Å². The predicted octanol–water partition coefficient (Wildman–Crippen LogP) is 5.50. The molecule has 0 aliphatic rings. The monoisotopic (exact) mass is 452 g/mol. The highest BCUT2D eigenvalue weighted by Crippen LogP contribution is 2.29. The van der Waals surface area contributed by atoms with Gasteiger partial charge in [0.15, 0.2) is 5.76 Å². The van der Waals surface area contributed by atoms with Gasteiger partial charge in [0.05, 0.1) is 24.1 Å². The number of thioether (sulfide) groups is 1. The molecule has 8 heteroatoms. The summed E-state index contributed by atoms with van der Waals surface area (Å²) >= 11 is 10.7. The number of carbonyl (C=O) groups excluding carboxylic acids is 1. The number of hydrogen-bond acceptors (Lipinski definition) is 5. The fourth-order valence-electron chi connectivity index (χ4n) is 2.17. The highest BCUT2D eigenvalue weighted by Gasteiger charge is 2.11. The van der Waals surface area contributed by atoms with Gasteiger partial charge in [0.25, 0.3) is 5.22 Å². The Labute approximate surface area is 168 Å². The summed E-state index contributed by atoms with van der Waals surface area (Å²) in [6.45, 7) is 0. The fraction of sp³-hybridized carbons (Fsp3) is 0.111. The minimum Gasteiger partial charge on any atom is -0.495 e. The minimum atomic E-state index is -0.182. The zero-order chi connectivity index (χ0) is 18.5. The maximum absolute atomic E-state index is 12.1. The molecule has 0 aliphatic carbocycles. The molecule has 3 aromatic rings. The highest BCUT2D eigenvalue weighted by molar-refractivity contribution is 9.10. The fourth-order valence-corrected chi connectivity index (χ4v) is 3.43. The lowest BCUT2D eigenvalue weighted by Crippen LogP contribution is -2.13. The summed E-state index contributed by atoms with van der Waals surface area (Å²) in [5.74, 6) is 1.19. The van der Waals surface area contributed by atoms with Crippen LogP contribution in [0.5, 0.6) is 5.75 Å². The van der Waals surface area contributed by atoms with E-state index in [1.807, 2.05) is 24.3 Å². The first-order chi connectivity index (χ1) is 12.5. The van der Waals surface area contributed by atoms with Crippen LogP contribution in [0.3, 0.4) is 0 Å². The molecule has 0 unspecified atom stereocenters. The average molecular weight is 454 g/mol. The van der Waals surface area contributed by atoms with Crippen molar-refractivity contribution in [1.82, 2.24) is 4.98 Å². The maximum Gasteiger partial charge on any atom is 0.256 e. The molecule has 0 fully saturated rings. The lowest BCUT2D eigenvalue weighted by Gasteiger charge is -2.07. The maximum atomic E-state index is 12.1. The van der Waals surface area contributed by atoms with E-state index in [0.717, 1.165) is 10.0 Å². The second kappa shape index (κ2) is 8.62. The Morgan fingerprint density at radius 1 is 1.35 bits per heavy atom. The molecular formula is C18H14BrClN2O3S. The second-order valence-electron chi connectivity index (χ2n) is 5.19. The Hall–Kier alpha value is -1.96. The molecule has 0 bridgehead atoms. The van der Waals surface area contributed by atoms with Gasteiger partial charge in [-0.3, -0.25) is 4.79 Å². The Balaban J connectivity index is 1.57. The number of rotatable bonds is 6. The van der Waals surface area contributed by atoms with Crippen molar-refractivity contribution in [2.24, 2.45) is 0 Å². The van der Waals surface area contributed by atoms with Crippen molar-refractivity contribution in [2.45, 2.75) is 5.22 Å². The van der Waals surface area contributed by atoms with E-state index in [0.29, 0.717) is 27.4 Å². The molecule has 0 saturated heterocycles. The Morgan fingerprint density at radius 2 is 2.19 bits per heavy atom. The Kier molecular flexibility index (Phi) is 6.24. The summed E-state index contributed by atoms with van der Waals surface area (Å²) < 4.78 is 11.7. The molecule has 0 aliphatic heterocycles. The van der Waals surface area contributed by atoms with Crippen LogP contribution in [0.25, 0.3) is 11.3 Å². The minimum absolute atomic E-state index is 0.169. The van der Waals surface area contributed by atoms with Crippen LogP contribution in [0.4, 0.5) is 5.69 Å². The van der Waals surface area contributed by atoms with Gasteiger partial charge in [0, 0.05) is 15.7 Å². The third-order valence-corrected chi connectivity index (χ3v) is 4.99. The summed E-state index contributed by atoms with van der Waals surface area (Å²) in [6.07, 6.45) is 1.64. The van der Waals surface area contributed by atoms with Gasteiger partial charge in [-0.2, -0.15) is 0 Å². The molecule has 1 amide bonds. The molecule has 2 aromatic carbocycles. The summed E-state index contributed by atoms with van der Waals surface area (Å²) in [5.41, 5.74) is 1.51. The smallest absolute Gasteiger partial charge is 0.256 e. The number of amides is 1. The van der Waals surface area contributed by atoms with E-state index in [1.165, 1.54) is 18.9 Å². The number of nitrogens with one attached hydrogen (secondary N) is 1. The standard InChI is InChI=1S/C18H14BrClN2O3S/c1-24-15-6-5-13(8-14(15)20)22-17(23)10-26-18-21-9-16(25-18)11-3-2-4-12(19)7-11/h2-9H,10H2,1H3,(H,22,23). The van der Waals surface area contributed by atoms with E-state index < -0.39 is 0 Å². The normalized spacial score (nSPS) is 10.6. The number of anilines is 1. The molecule has 1 aromatic heterocycles. The van der Waals surface area contributed by atoms with Crippen LogP contribution >= 0.6 is 39.3 Å². The molecular weight excluding hydrogens is 440 g/mol. The summed E-state index contributed by atoms with van der Waals surface area (Å²) in [7, 11) is 1.54. The SMILES string of the molecule is COc1ccc(NC(=O)CSc2ncc(-c3cccc(Br)c3)o2)cc1Cl. The second-order valence-corrected chi connectivity index (χ2v) is 7.44. The van der Waals surface area contributed by atoms with Crippen LogP contribution < -0.4 is 10.1 Å². The Morgan fingerprint density at radius 3 is 2.92 bits per heavy atom. The summed E-state index contributed by atoms with van der Waals surface area (Å²) in [5, 5.41) is 3.64. The van der Waals surface area contributed by atoms with Gasteiger partial charge < -0.3 is 14.5 Å². The molecule has 134 valence electrons. The molecule has 0 spiro atoms. The van der Waals surface area contributed by atoms with Gasteiger partial charge in [0.2, 0.25) is 5.91 Å². The molecule has 26 heavy (non-hydrogen) atoms. The van der Waals surface area contributed by atoms with Crippen LogP contribution in [0.1, 0.15) is 0 Å². The number of aromatic nitrogens is 1. The third kappa shape index (κ3) is 4.81. The van der Waals surface area contributed by atoms with E-state index in [2.05, 4.69) is 26.2 Å². The number of hydrogen-bond donors (Lipinski definition) is 1. The van der Waals surface area contributed by atoms with Crippen molar-refractivity contribution >= 4 is 50.9 Å². The molecule has 3 rings (SSSR count). The molecule has 1 N–H and O–H groups in total. The van der Waals surface area contributed by atoms with Gasteiger partial charge >= 0.3 is 0 Å². The third-order valence-electron chi connectivity index (χ3n) is 3.36. The van der Waals surface area contributed by atoms with Crippen LogP contribution in [0, 0.1) is 0 Å². The van der Waals surface area contributed by atoms with E-state index in [4.69, 9.17) is 20.8 Å². The van der Waals surface area contributed by atoms with E-state index in [9.17, 15) is 4.79 Å². The number of ether oxygens (including phenoxy) is 1.